The van der Waals surface area contributed by atoms with E-state index in [9.17, 15) is 0 Å². The van der Waals surface area contributed by atoms with Crippen LogP contribution in [0.5, 0.6) is 0 Å². The van der Waals surface area contributed by atoms with Crippen LogP contribution in [-0.4, -0.2) is 0 Å². The molecule has 0 nitrogen and oxygen atoms in total. The van der Waals surface area contributed by atoms with Crippen molar-refractivity contribution in [2.75, 3.05) is 0 Å². The fraction of sp³-hybridized carbons (Fsp3) is 0.250. The summed E-state index contributed by atoms with van der Waals surface area (Å²) in [4.78, 5) is 0. The number of hydrogen-bond acceptors (Lipinski definition) is 0. The van der Waals surface area contributed by atoms with Crippen LogP contribution in [0.25, 0.3) is 22.3 Å². The molecule has 1 atom stereocenters. The molecule has 0 radical (unpaired) electrons. The summed E-state index contributed by atoms with van der Waals surface area (Å²) in [5.41, 5.74) is 13.1. The number of rotatable bonds is 0. The van der Waals surface area contributed by atoms with Gasteiger partial charge in [0, 0.05) is 11.3 Å². The Morgan fingerprint density at radius 3 is 2.29 bits per heavy atom. The van der Waals surface area contributed by atoms with Gasteiger partial charge in [-0.25, -0.2) is 0 Å². The van der Waals surface area contributed by atoms with Crippen LogP contribution in [0.3, 0.4) is 0 Å². The second kappa shape index (κ2) is 4.39. The molecule has 0 aliphatic heterocycles. The Balaban J connectivity index is 1.83. The summed E-state index contributed by atoms with van der Waals surface area (Å²) < 4.78 is 0. The van der Waals surface area contributed by atoms with E-state index in [1.54, 1.807) is 0 Å². The Bertz CT molecular complexity index is 1000. The molecule has 118 valence electrons. The van der Waals surface area contributed by atoms with Crippen LogP contribution < -0.4 is 0 Å². The van der Waals surface area contributed by atoms with Gasteiger partial charge in [0.05, 0.1) is 0 Å². The first-order valence-corrected chi connectivity index (χ1v) is 8.87. The topological polar surface area (TPSA) is 0 Å². The molecule has 2 aliphatic carbocycles. The molecule has 5 rings (SSSR count). The third kappa shape index (κ3) is 1.59. The molecule has 0 heteroatoms. The molecular formula is C24H22. The highest BCUT2D eigenvalue weighted by atomic mass is 14.4. The van der Waals surface area contributed by atoms with Crippen LogP contribution in [0.2, 0.25) is 0 Å². The van der Waals surface area contributed by atoms with E-state index in [2.05, 4.69) is 82.3 Å². The zero-order valence-corrected chi connectivity index (χ0v) is 14.8. The Morgan fingerprint density at radius 2 is 1.46 bits per heavy atom. The molecule has 0 saturated carbocycles. The van der Waals surface area contributed by atoms with Gasteiger partial charge in [0.1, 0.15) is 0 Å². The summed E-state index contributed by atoms with van der Waals surface area (Å²) in [6, 6.07) is 20.8. The second-order valence-corrected chi connectivity index (χ2v) is 7.97. The molecule has 24 heavy (non-hydrogen) atoms. The van der Waals surface area contributed by atoms with Crippen LogP contribution in [0, 0.1) is 6.92 Å². The normalized spacial score (nSPS) is 18.8. The van der Waals surface area contributed by atoms with Gasteiger partial charge in [0.25, 0.3) is 0 Å². The van der Waals surface area contributed by atoms with Crippen LogP contribution in [0.15, 0.2) is 54.6 Å². The van der Waals surface area contributed by atoms with Gasteiger partial charge in [-0.05, 0) is 63.6 Å². The molecule has 0 heterocycles. The average Bonchev–Trinajstić information content (AvgIpc) is 2.97. The molecule has 0 bridgehead atoms. The highest BCUT2D eigenvalue weighted by molar-refractivity contribution is 5.88. The molecule has 2 aliphatic rings. The van der Waals surface area contributed by atoms with E-state index in [-0.39, 0.29) is 5.41 Å². The highest BCUT2D eigenvalue weighted by Crippen LogP contribution is 2.54. The predicted molar refractivity (Wildman–Crippen MR) is 102 cm³/mol. The van der Waals surface area contributed by atoms with Crippen LogP contribution in [0.1, 0.15) is 54.5 Å². The van der Waals surface area contributed by atoms with Crippen LogP contribution in [0.4, 0.5) is 0 Å². The largest absolute Gasteiger partial charge is 0.0619 e. The molecule has 0 spiro atoms. The summed E-state index contributed by atoms with van der Waals surface area (Å²) in [7, 11) is 0. The maximum Gasteiger partial charge on any atom is 0.0159 e. The monoisotopic (exact) mass is 310 g/mol. The fourth-order valence-corrected chi connectivity index (χ4v) is 4.79. The lowest BCUT2D eigenvalue weighted by molar-refractivity contribution is 0.660. The van der Waals surface area contributed by atoms with E-state index < -0.39 is 0 Å². The van der Waals surface area contributed by atoms with Crippen molar-refractivity contribution in [1.29, 1.82) is 0 Å². The Hall–Kier alpha value is -2.34. The molecule has 0 aromatic heterocycles. The van der Waals surface area contributed by atoms with E-state index in [0.29, 0.717) is 5.92 Å². The predicted octanol–water partition coefficient (Wildman–Crippen LogP) is 6.43. The molecule has 0 fully saturated rings. The minimum absolute atomic E-state index is 0.0759. The van der Waals surface area contributed by atoms with Crippen molar-refractivity contribution in [3.05, 3.63) is 82.4 Å². The summed E-state index contributed by atoms with van der Waals surface area (Å²) in [5.74, 6) is 0.485. The van der Waals surface area contributed by atoms with E-state index in [4.69, 9.17) is 0 Å². The zero-order valence-electron chi connectivity index (χ0n) is 14.8. The minimum atomic E-state index is 0.0759. The SMILES string of the molecule is Cc1ccc2c(c1)C(C)(C)c1cc3c(cc1-2)C(C)c1ccccc1-3. The third-order valence-electron chi connectivity index (χ3n) is 6.19. The summed E-state index contributed by atoms with van der Waals surface area (Å²) in [5, 5.41) is 0. The van der Waals surface area contributed by atoms with Gasteiger partial charge in [0.15, 0.2) is 0 Å². The zero-order chi connectivity index (χ0) is 16.6. The van der Waals surface area contributed by atoms with Crippen molar-refractivity contribution in [3.63, 3.8) is 0 Å². The molecule has 3 aromatic carbocycles. The Morgan fingerprint density at radius 1 is 0.708 bits per heavy atom. The van der Waals surface area contributed by atoms with Crippen molar-refractivity contribution >= 4 is 0 Å². The number of hydrogen-bond donors (Lipinski definition) is 0. The van der Waals surface area contributed by atoms with E-state index in [1.165, 1.54) is 50.1 Å². The lowest BCUT2D eigenvalue weighted by atomic mass is 9.81. The second-order valence-electron chi connectivity index (χ2n) is 7.97. The maximum absolute atomic E-state index is 2.47. The van der Waals surface area contributed by atoms with E-state index >= 15 is 0 Å². The molecule has 1 unspecified atom stereocenters. The standard InChI is InChI=1S/C24H22/c1-14-9-10-18-21-12-19-15(2)16-7-5-6-8-17(16)20(19)13-23(21)24(3,4)22(18)11-14/h5-13,15H,1-4H3. The minimum Gasteiger partial charge on any atom is -0.0619 e. The maximum atomic E-state index is 2.47. The molecular weight excluding hydrogens is 288 g/mol. The smallest absolute Gasteiger partial charge is 0.0159 e. The van der Waals surface area contributed by atoms with Gasteiger partial charge < -0.3 is 0 Å². The third-order valence-corrected chi connectivity index (χ3v) is 6.19. The van der Waals surface area contributed by atoms with Gasteiger partial charge in [-0.1, -0.05) is 68.8 Å². The van der Waals surface area contributed by atoms with Crippen LogP contribution >= 0.6 is 0 Å². The first kappa shape index (κ1) is 14.0. The van der Waals surface area contributed by atoms with Crippen LogP contribution in [-0.2, 0) is 5.41 Å². The molecule has 0 saturated heterocycles. The van der Waals surface area contributed by atoms with Gasteiger partial charge in [0.2, 0.25) is 0 Å². The van der Waals surface area contributed by atoms with E-state index in [1.807, 2.05) is 0 Å². The van der Waals surface area contributed by atoms with Gasteiger partial charge in [-0.15, -0.1) is 0 Å². The summed E-state index contributed by atoms with van der Waals surface area (Å²) >= 11 is 0. The van der Waals surface area contributed by atoms with Crippen molar-refractivity contribution < 1.29 is 0 Å². The lowest BCUT2D eigenvalue weighted by Crippen LogP contribution is -2.15. The first-order valence-electron chi connectivity index (χ1n) is 8.87. The van der Waals surface area contributed by atoms with Crippen molar-refractivity contribution in [2.24, 2.45) is 0 Å². The molecule has 0 N–H and O–H groups in total. The van der Waals surface area contributed by atoms with Crippen molar-refractivity contribution in [3.8, 4) is 22.3 Å². The molecule has 0 amide bonds. The van der Waals surface area contributed by atoms with Gasteiger partial charge in [-0.3, -0.25) is 0 Å². The Labute approximate surface area is 144 Å². The molecule has 3 aromatic rings. The first-order chi connectivity index (χ1) is 11.5. The number of fused-ring (bicyclic) bond motifs is 6. The summed E-state index contributed by atoms with van der Waals surface area (Å²) in [6.45, 7) is 9.27. The lowest BCUT2D eigenvalue weighted by Gasteiger charge is -2.22. The number of aryl methyl sites for hydroxylation is 1. The quantitative estimate of drug-likeness (QED) is 0.448. The summed E-state index contributed by atoms with van der Waals surface area (Å²) in [6.07, 6.45) is 0. The van der Waals surface area contributed by atoms with Gasteiger partial charge in [-0.2, -0.15) is 0 Å². The number of benzene rings is 3. The van der Waals surface area contributed by atoms with E-state index in [0.717, 1.165) is 0 Å². The highest BCUT2D eigenvalue weighted by Gasteiger charge is 2.38. The average molecular weight is 310 g/mol. The Kier molecular flexibility index (Phi) is 2.57. The fourth-order valence-electron chi connectivity index (χ4n) is 4.79. The van der Waals surface area contributed by atoms with Crippen molar-refractivity contribution in [1.82, 2.24) is 0 Å². The van der Waals surface area contributed by atoms with Gasteiger partial charge >= 0.3 is 0 Å². The van der Waals surface area contributed by atoms with Crippen molar-refractivity contribution in [2.45, 2.75) is 39.0 Å².